The molecule has 9 aromatic rings. The Morgan fingerprint density at radius 1 is 0.396 bits per heavy atom. The molecule has 1 aliphatic rings. The highest BCUT2D eigenvalue weighted by atomic mass is 15.0. The van der Waals surface area contributed by atoms with Crippen molar-refractivity contribution < 1.29 is 0 Å². The minimum atomic E-state index is 1.06. The fourth-order valence-electron chi connectivity index (χ4n) is 7.88. The Balaban J connectivity index is 1.18. The molecular weight excluding hydrogens is 581 g/mol. The molecule has 0 saturated carbocycles. The molecule has 2 heterocycles. The summed E-state index contributed by atoms with van der Waals surface area (Å²) in [6, 6.07) is 57.9. The van der Waals surface area contributed by atoms with Gasteiger partial charge in [0.25, 0.3) is 0 Å². The van der Waals surface area contributed by atoms with Gasteiger partial charge >= 0.3 is 0 Å². The Bertz CT molecular complexity index is 2710. The van der Waals surface area contributed by atoms with Gasteiger partial charge in [-0.05, 0) is 124 Å². The first kappa shape index (κ1) is 27.0. The van der Waals surface area contributed by atoms with Crippen molar-refractivity contribution in [2.24, 2.45) is 0 Å². The van der Waals surface area contributed by atoms with Crippen LogP contribution in [-0.2, 0) is 6.42 Å². The first-order valence-corrected chi connectivity index (χ1v) is 16.8. The number of aromatic nitrogens is 2. The molecule has 0 saturated heterocycles. The molecule has 0 bridgehead atoms. The topological polar surface area (TPSA) is 9.86 Å². The van der Waals surface area contributed by atoms with Crippen LogP contribution < -0.4 is 0 Å². The molecular formula is C46H32N2. The standard InChI is InChI=1S/C46H32N2/c1-3-13-37(14-4-1)47-43-18-10-9-17-39(43)40-28-35(22-24-44(40)47)36-23-26-46-42(30-36)41-29-34(33-20-19-31-11-7-8-12-32(31)27-33)21-25-45(41)48(46)38-15-5-2-6-16-38/h1-8,10-16,18-30H,9,17H2. The zero-order valence-corrected chi connectivity index (χ0v) is 26.5. The predicted octanol–water partition coefficient (Wildman–Crippen LogP) is 12.2. The maximum absolute atomic E-state index is 2.43. The van der Waals surface area contributed by atoms with Crippen LogP contribution in [0.15, 0.2) is 164 Å². The Morgan fingerprint density at radius 3 is 1.54 bits per heavy atom. The number of benzene rings is 7. The van der Waals surface area contributed by atoms with E-state index in [1.54, 1.807) is 0 Å². The van der Waals surface area contributed by atoms with Gasteiger partial charge < -0.3 is 9.13 Å². The van der Waals surface area contributed by atoms with Crippen LogP contribution in [0.3, 0.4) is 0 Å². The average molecular weight is 613 g/mol. The molecule has 2 nitrogen and oxygen atoms in total. The van der Waals surface area contributed by atoms with Gasteiger partial charge in [0.05, 0.1) is 16.6 Å². The number of hydrogen-bond acceptors (Lipinski definition) is 0. The Labute approximate surface area is 279 Å². The van der Waals surface area contributed by atoms with Crippen molar-refractivity contribution >= 4 is 49.6 Å². The first-order valence-electron chi connectivity index (χ1n) is 16.8. The molecule has 0 N–H and O–H groups in total. The van der Waals surface area contributed by atoms with Crippen molar-refractivity contribution in [3.8, 4) is 33.6 Å². The smallest absolute Gasteiger partial charge is 0.0541 e. The van der Waals surface area contributed by atoms with E-state index < -0.39 is 0 Å². The lowest BCUT2D eigenvalue weighted by molar-refractivity contribution is 0.967. The van der Waals surface area contributed by atoms with Crippen LogP contribution in [-0.4, -0.2) is 9.13 Å². The third kappa shape index (κ3) is 4.19. The third-order valence-electron chi connectivity index (χ3n) is 10.2. The highest BCUT2D eigenvalue weighted by molar-refractivity contribution is 6.12. The van der Waals surface area contributed by atoms with Gasteiger partial charge in [-0.1, -0.05) is 97.1 Å². The number of rotatable bonds is 4. The lowest BCUT2D eigenvalue weighted by Gasteiger charge is -2.11. The summed E-state index contributed by atoms with van der Waals surface area (Å²) < 4.78 is 4.83. The van der Waals surface area contributed by atoms with Gasteiger partial charge in [-0.15, -0.1) is 0 Å². The lowest BCUT2D eigenvalue weighted by atomic mass is 9.96. The van der Waals surface area contributed by atoms with Crippen LogP contribution >= 0.6 is 0 Å². The lowest BCUT2D eigenvalue weighted by Crippen LogP contribution is -1.99. The minimum Gasteiger partial charge on any atom is -0.310 e. The third-order valence-corrected chi connectivity index (χ3v) is 10.2. The summed E-state index contributed by atoms with van der Waals surface area (Å²) in [6.07, 6.45) is 6.76. The van der Waals surface area contributed by atoms with Gasteiger partial charge in [-0.25, -0.2) is 0 Å². The van der Waals surface area contributed by atoms with Gasteiger partial charge in [0.2, 0.25) is 0 Å². The fourth-order valence-corrected chi connectivity index (χ4v) is 7.88. The van der Waals surface area contributed by atoms with E-state index in [2.05, 4.69) is 179 Å². The maximum atomic E-state index is 2.43. The molecule has 2 aromatic heterocycles. The van der Waals surface area contributed by atoms with E-state index in [1.165, 1.54) is 88.4 Å². The van der Waals surface area contributed by atoms with Crippen LogP contribution in [0.4, 0.5) is 0 Å². The van der Waals surface area contributed by atoms with E-state index in [1.807, 2.05) is 0 Å². The van der Waals surface area contributed by atoms with Gasteiger partial charge in [-0.2, -0.15) is 0 Å². The van der Waals surface area contributed by atoms with Gasteiger partial charge in [-0.3, -0.25) is 0 Å². The molecule has 1 aliphatic carbocycles. The molecule has 0 unspecified atom stereocenters. The molecule has 0 aliphatic heterocycles. The SMILES string of the molecule is C1=Cc2c(c3cc(-c4ccc5c(c4)c4cc(-c6ccc7ccccc7c6)ccc4n5-c4ccccc4)ccc3n2-c2ccccc2)CC1. The summed E-state index contributed by atoms with van der Waals surface area (Å²) in [5.41, 5.74) is 13.8. The number of hydrogen-bond donors (Lipinski definition) is 0. The highest BCUT2D eigenvalue weighted by Crippen LogP contribution is 2.40. The van der Waals surface area contributed by atoms with Crippen LogP contribution in [0.25, 0.3) is 83.2 Å². The second-order valence-electron chi connectivity index (χ2n) is 12.9. The van der Waals surface area contributed by atoms with Crippen LogP contribution in [0.1, 0.15) is 17.7 Å². The van der Waals surface area contributed by atoms with Crippen molar-refractivity contribution in [1.82, 2.24) is 9.13 Å². The molecule has 0 radical (unpaired) electrons. The Morgan fingerprint density at radius 2 is 0.896 bits per heavy atom. The van der Waals surface area contributed by atoms with E-state index in [9.17, 15) is 0 Å². The zero-order chi connectivity index (χ0) is 31.6. The van der Waals surface area contributed by atoms with Gasteiger partial charge in [0.15, 0.2) is 0 Å². The van der Waals surface area contributed by atoms with Crippen molar-refractivity contribution in [3.63, 3.8) is 0 Å². The van der Waals surface area contributed by atoms with E-state index in [-0.39, 0.29) is 0 Å². The maximum Gasteiger partial charge on any atom is 0.0541 e. The summed E-state index contributed by atoms with van der Waals surface area (Å²) in [7, 11) is 0. The minimum absolute atomic E-state index is 1.06. The van der Waals surface area contributed by atoms with E-state index >= 15 is 0 Å². The Kier molecular flexibility index (Phi) is 6.04. The fraction of sp³-hybridized carbons (Fsp3) is 0.0435. The molecule has 7 aromatic carbocycles. The summed E-state index contributed by atoms with van der Waals surface area (Å²) in [6.45, 7) is 0. The van der Waals surface area contributed by atoms with Gasteiger partial charge in [0, 0.05) is 33.2 Å². The van der Waals surface area contributed by atoms with E-state index in [0.29, 0.717) is 0 Å². The Hall–Kier alpha value is -6.12. The summed E-state index contributed by atoms with van der Waals surface area (Å²) in [4.78, 5) is 0. The number of nitrogens with zero attached hydrogens (tertiary/aromatic N) is 2. The van der Waals surface area contributed by atoms with Crippen molar-refractivity contribution in [2.75, 3.05) is 0 Å². The number of fused-ring (bicyclic) bond motifs is 7. The molecule has 0 atom stereocenters. The molecule has 0 amide bonds. The largest absolute Gasteiger partial charge is 0.310 e. The normalized spacial score (nSPS) is 12.8. The molecule has 10 rings (SSSR count). The molecule has 0 fully saturated rings. The van der Waals surface area contributed by atoms with Crippen LogP contribution in [0.2, 0.25) is 0 Å². The number of allylic oxidation sites excluding steroid dienone is 1. The predicted molar refractivity (Wildman–Crippen MR) is 203 cm³/mol. The van der Waals surface area contributed by atoms with Crippen LogP contribution in [0.5, 0.6) is 0 Å². The van der Waals surface area contributed by atoms with Crippen molar-refractivity contribution in [3.05, 3.63) is 175 Å². The molecule has 48 heavy (non-hydrogen) atoms. The van der Waals surface area contributed by atoms with Crippen molar-refractivity contribution in [2.45, 2.75) is 12.8 Å². The van der Waals surface area contributed by atoms with Gasteiger partial charge in [0.1, 0.15) is 0 Å². The molecule has 226 valence electrons. The average Bonchev–Trinajstić information content (AvgIpc) is 3.67. The second-order valence-corrected chi connectivity index (χ2v) is 12.9. The molecule has 0 spiro atoms. The number of aryl methyl sites for hydroxylation is 1. The first-order chi connectivity index (χ1) is 23.8. The van der Waals surface area contributed by atoms with E-state index in [0.717, 1.165) is 12.8 Å². The van der Waals surface area contributed by atoms with E-state index in [4.69, 9.17) is 0 Å². The van der Waals surface area contributed by atoms with Crippen LogP contribution in [0, 0.1) is 0 Å². The second kappa shape index (κ2) is 10.7. The monoisotopic (exact) mass is 612 g/mol. The summed E-state index contributed by atoms with van der Waals surface area (Å²) >= 11 is 0. The highest BCUT2D eigenvalue weighted by Gasteiger charge is 2.20. The summed E-state index contributed by atoms with van der Waals surface area (Å²) in [5, 5.41) is 6.40. The quantitative estimate of drug-likeness (QED) is 0.187. The summed E-state index contributed by atoms with van der Waals surface area (Å²) in [5.74, 6) is 0. The number of para-hydroxylation sites is 2. The van der Waals surface area contributed by atoms with Crippen molar-refractivity contribution in [1.29, 1.82) is 0 Å². The molecule has 2 heteroatoms. The zero-order valence-electron chi connectivity index (χ0n) is 26.5.